The lowest BCUT2D eigenvalue weighted by atomic mass is 10.0. The predicted octanol–water partition coefficient (Wildman–Crippen LogP) is 0.363. The molecule has 2 aliphatic heterocycles. The Morgan fingerprint density at radius 3 is 2.05 bits per heavy atom. The second kappa shape index (κ2) is 14.2. The van der Waals surface area contributed by atoms with Crippen LogP contribution in [0.2, 0.25) is 0 Å². The van der Waals surface area contributed by atoms with Crippen LogP contribution in [0.25, 0.3) is 0 Å². The molecule has 0 saturated carbocycles. The maximum atomic E-state index is 13.1. The molecule has 4 amide bonds. The molecular formula is C23H29IN2O10S. The fourth-order valence-corrected chi connectivity index (χ4v) is 5.50. The number of sulfone groups is 1. The highest BCUT2D eigenvalue weighted by molar-refractivity contribution is 14.1. The Morgan fingerprint density at radius 2 is 1.46 bits per heavy atom. The molecule has 1 aromatic rings. The van der Waals surface area contributed by atoms with E-state index in [2.05, 4.69) is 27.9 Å². The third-order valence-electron chi connectivity index (χ3n) is 5.60. The largest absolute Gasteiger partial charge is 0.378 e. The van der Waals surface area contributed by atoms with Crippen LogP contribution in [-0.2, 0) is 38.4 Å². The number of alkyl halides is 1. The zero-order chi connectivity index (χ0) is 26.8. The van der Waals surface area contributed by atoms with E-state index in [1.165, 1.54) is 18.2 Å². The van der Waals surface area contributed by atoms with Crippen LogP contribution >= 0.6 is 22.6 Å². The lowest BCUT2D eigenvalue weighted by Gasteiger charge is -2.27. The van der Waals surface area contributed by atoms with Gasteiger partial charge in [0.05, 0.1) is 74.6 Å². The molecule has 1 atom stereocenters. The van der Waals surface area contributed by atoms with E-state index in [0.717, 1.165) is 9.33 Å². The topological polar surface area (TPSA) is 155 Å². The van der Waals surface area contributed by atoms with Gasteiger partial charge in [0.25, 0.3) is 11.8 Å². The molecule has 204 valence electrons. The number of piperidine rings is 1. The quantitative estimate of drug-likeness (QED) is 0.115. The molecule has 0 aromatic heterocycles. The summed E-state index contributed by atoms with van der Waals surface area (Å²) in [6, 6.07) is 2.79. The van der Waals surface area contributed by atoms with Gasteiger partial charge in [-0.1, -0.05) is 28.7 Å². The molecule has 0 radical (unpaired) electrons. The number of fused-ring (bicyclic) bond motifs is 1. The van der Waals surface area contributed by atoms with E-state index in [1.54, 1.807) is 0 Å². The molecule has 1 aromatic carbocycles. The lowest BCUT2D eigenvalue weighted by Crippen LogP contribution is -2.54. The number of hydrogen-bond acceptors (Lipinski definition) is 10. The second-order valence-corrected chi connectivity index (χ2v) is 11.2. The van der Waals surface area contributed by atoms with Gasteiger partial charge >= 0.3 is 0 Å². The molecule has 2 heterocycles. The van der Waals surface area contributed by atoms with Crippen molar-refractivity contribution in [2.75, 3.05) is 63.0 Å². The van der Waals surface area contributed by atoms with Crippen molar-refractivity contribution >= 4 is 56.1 Å². The van der Waals surface area contributed by atoms with Crippen molar-refractivity contribution in [2.24, 2.45) is 0 Å². The van der Waals surface area contributed by atoms with E-state index in [1.807, 2.05) is 0 Å². The Balaban J connectivity index is 1.47. The highest BCUT2D eigenvalue weighted by atomic mass is 127. The average Bonchev–Trinajstić information content (AvgIpc) is 3.12. The molecule has 0 bridgehead atoms. The van der Waals surface area contributed by atoms with Gasteiger partial charge in [-0.2, -0.15) is 0 Å². The minimum Gasteiger partial charge on any atom is -0.378 e. The first-order valence-corrected chi connectivity index (χ1v) is 14.9. The second-order valence-electron chi connectivity index (χ2n) is 8.08. The van der Waals surface area contributed by atoms with Crippen molar-refractivity contribution in [2.45, 2.75) is 23.8 Å². The van der Waals surface area contributed by atoms with Crippen molar-refractivity contribution in [3.05, 3.63) is 29.3 Å². The minimum absolute atomic E-state index is 0.0205. The number of carbonyl (C=O) groups is 4. The Labute approximate surface area is 228 Å². The van der Waals surface area contributed by atoms with Crippen molar-refractivity contribution in [3.63, 3.8) is 0 Å². The third-order valence-corrected chi connectivity index (χ3v) is 7.75. The number of amides is 4. The molecule has 37 heavy (non-hydrogen) atoms. The summed E-state index contributed by atoms with van der Waals surface area (Å²) < 4.78 is 48.3. The predicted molar refractivity (Wildman–Crippen MR) is 137 cm³/mol. The molecule has 3 rings (SSSR count). The van der Waals surface area contributed by atoms with Gasteiger partial charge in [-0.05, 0) is 18.6 Å². The van der Waals surface area contributed by atoms with Crippen molar-refractivity contribution in [3.8, 4) is 0 Å². The van der Waals surface area contributed by atoms with Crippen LogP contribution in [0, 0.1) is 0 Å². The fraction of sp³-hybridized carbons (Fsp3) is 0.565. The summed E-state index contributed by atoms with van der Waals surface area (Å²) in [7, 11) is -3.99. The number of nitrogens with one attached hydrogen (secondary N) is 1. The van der Waals surface area contributed by atoms with Gasteiger partial charge in [0.1, 0.15) is 6.04 Å². The molecule has 1 N–H and O–H groups in total. The SMILES string of the molecule is O=C1CCC(N2C(=O)c3cccc(S(=O)(=O)CCOCCOCCOCCOCCI)c3C2=O)C(=O)N1. The molecular weight excluding hydrogens is 623 g/mol. The number of ether oxygens (including phenoxy) is 4. The summed E-state index contributed by atoms with van der Waals surface area (Å²) in [6.07, 6.45) is -0.0514. The Hall–Kier alpha value is -1.98. The van der Waals surface area contributed by atoms with Crippen molar-refractivity contribution in [1.82, 2.24) is 10.2 Å². The van der Waals surface area contributed by atoms with E-state index in [-0.39, 0.29) is 48.7 Å². The molecule has 1 fully saturated rings. The Bertz CT molecular complexity index is 1110. The van der Waals surface area contributed by atoms with Crippen LogP contribution in [0.4, 0.5) is 0 Å². The van der Waals surface area contributed by atoms with Crippen LogP contribution in [-0.4, -0.2) is 106 Å². The number of hydrogen-bond donors (Lipinski definition) is 1. The van der Waals surface area contributed by atoms with Crippen LogP contribution in [0.3, 0.4) is 0 Å². The van der Waals surface area contributed by atoms with Crippen LogP contribution in [0.5, 0.6) is 0 Å². The molecule has 1 unspecified atom stereocenters. The molecule has 0 aliphatic carbocycles. The van der Waals surface area contributed by atoms with Gasteiger partial charge in [0, 0.05) is 10.8 Å². The third kappa shape index (κ3) is 7.77. The van der Waals surface area contributed by atoms with Gasteiger partial charge in [0.2, 0.25) is 11.8 Å². The van der Waals surface area contributed by atoms with E-state index >= 15 is 0 Å². The number of carbonyl (C=O) groups excluding carboxylic acids is 4. The van der Waals surface area contributed by atoms with Crippen molar-refractivity contribution < 1.29 is 46.5 Å². The Kier molecular flexibility index (Phi) is 11.4. The standard InChI is InChI=1S/C23H29IN2O10S/c24-6-7-33-8-9-34-10-11-35-12-13-36-14-15-37(31,32)18-3-1-2-16-20(18)23(30)26(22(16)29)17-4-5-19(27)25-21(17)28/h1-3,17H,4-15H2,(H,25,27,28). The minimum atomic E-state index is -3.99. The van der Waals surface area contributed by atoms with Gasteiger partial charge < -0.3 is 18.9 Å². The van der Waals surface area contributed by atoms with E-state index in [0.29, 0.717) is 33.0 Å². The summed E-state index contributed by atoms with van der Waals surface area (Å²) in [5.41, 5.74) is -0.357. The molecule has 1 saturated heterocycles. The summed E-state index contributed by atoms with van der Waals surface area (Å²) in [5, 5.41) is 2.11. The number of imide groups is 2. The number of halogens is 1. The van der Waals surface area contributed by atoms with Crippen LogP contribution < -0.4 is 5.32 Å². The summed E-state index contributed by atoms with van der Waals surface area (Å²) in [5.74, 6) is -3.31. The van der Waals surface area contributed by atoms with Gasteiger partial charge in [-0.25, -0.2) is 8.42 Å². The van der Waals surface area contributed by atoms with E-state index in [4.69, 9.17) is 18.9 Å². The average molecular weight is 652 g/mol. The molecule has 12 nitrogen and oxygen atoms in total. The van der Waals surface area contributed by atoms with Crippen LogP contribution in [0.1, 0.15) is 33.6 Å². The monoisotopic (exact) mass is 652 g/mol. The smallest absolute Gasteiger partial charge is 0.263 e. The highest BCUT2D eigenvalue weighted by Gasteiger charge is 2.46. The van der Waals surface area contributed by atoms with Gasteiger partial charge in [-0.15, -0.1) is 0 Å². The number of rotatable bonds is 16. The van der Waals surface area contributed by atoms with E-state index < -0.39 is 45.3 Å². The normalized spacial score (nSPS) is 17.9. The van der Waals surface area contributed by atoms with Gasteiger partial charge in [-0.3, -0.25) is 29.4 Å². The maximum absolute atomic E-state index is 13.1. The first-order valence-electron chi connectivity index (χ1n) is 11.7. The number of benzene rings is 1. The highest BCUT2D eigenvalue weighted by Crippen LogP contribution is 2.32. The fourth-order valence-electron chi connectivity index (χ4n) is 3.84. The van der Waals surface area contributed by atoms with E-state index in [9.17, 15) is 27.6 Å². The van der Waals surface area contributed by atoms with Gasteiger partial charge in [0.15, 0.2) is 9.84 Å². The molecule has 14 heteroatoms. The first kappa shape index (κ1) is 29.6. The Morgan fingerprint density at radius 1 is 0.865 bits per heavy atom. The van der Waals surface area contributed by atoms with Crippen molar-refractivity contribution in [1.29, 1.82) is 0 Å². The van der Waals surface area contributed by atoms with Crippen LogP contribution in [0.15, 0.2) is 23.1 Å². The summed E-state index contributed by atoms with van der Waals surface area (Å²) >= 11 is 2.23. The number of nitrogens with zero attached hydrogens (tertiary/aromatic N) is 1. The molecule has 2 aliphatic rings. The summed E-state index contributed by atoms with van der Waals surface area (Å²) in [4.78, 5) is 50.1. The molecule has 0 spiro atoms. The summed E-state index contributed by atoms with van der Waals surface area (Å²) in [6.45, 7) is 2.75. The zero-order valence-electron chi connectivity index (χ0n) is 20.1. The zero-order valence-corrected chi connectivity index (χ0v) is 23.1. The lowest BCUT2D eigenvalue weighted by molar-refractivity contribution is -0.136. The first-order chi connectivity index (χ1) is 17.8. The maximum Gasteiger partial charge on any atom is 0.263 e.